The fraction of sp³-hybridized carbons (Fsp3) is 0.0714. The van der Waals surface area contributed by atoms with Crippen molar-refractivity contribution in [3.05, 3.63) is 70.2 Å². The number of benzene rings is 2. The second-order valence-corrected chi connectivity index (χ2v) is 4.45. The van der Waals surface area contributed by atoms with Gasteiger partial charge in [0.1, 0.15) is 0 Å². The van der Waals surface area contributed by atoms with E-state index in [1.165, 1.54) is 5.56 Å². The first-order chi connectivity index (χ1) is 8.36. The van der Waals surface area contributed by atoms with Crippen LogP contribution in [0.2, 0.25) is 0 Å². The molecule has 0 unspecified atom stereocenters. The highest BCUT2D eigenvalue weighted by molar-refractivity contribution is 9.10. The summed E-state index contributed by atoms with van der Waals surface area (Å²) in [4.78, 5) is 0. The Morgan fingerprint density at radius 2 is 1.71 bits per heavy atom. The van der Waals surface area contributed by atoms with Crippen LogP contribution in [0.15, 0.2) is 64.2 Å². The van der Waals surface area contributed by atoms with Crippen molar-refractivity contribution >= 4 is 22.1 Å². The summed E-state index contributed by atoms with van der Waals surface area (Å²) < 4.78 is 1.05. The average Bonchev–Trinajstić information content (AvgIpc) is 2.38. The standard InChI is InChI=1S/C14H13BrN2/c15-14-9-5-4-8-13(14)11-17-16-10-12-6-2-1-3-7-12/h1-9,11,16H,10H2. The fourth-order valence-corrected chi connectivity index (χ4v) is 1.81. The lowest BCUT2D eigenvalue weighted by Crippen LogP contribution is -2.05. The zero-order valence-corrected chi connectivity index (χ0v) is 10.9. The van der Waals surface area contributed by atoms with E-state index in [-0.39, 0.29) is 0 Å². The van der Waals surface area contributed by atoms with Crippen molar-refractivity contribution in [2.75, 3.05) is 0 Å². The van der Waals surface area contributed by atoms with Crippen molar-refractivity contribution in [2.45, 2.75) is 6.54 Å². The molecule has 0 aliphatic carbocycles. The Balaban J connectivity index is 1.89. The van der Waals surface area contributed by atoms with Crippen LogP contribution in [0, 0.1) is 0 Å². The summed E-state index contributed by atoms with van der Waals surface area (Å²) in [5.41, 5.74) is 5.31. The summed E-state index contributed by atoms with van der Waals surface area (Å²) in [5.74, 6) is 0. The van der Waals surface area contributed by atoms with Crippen molar-refractivity contribution in [1.29, 1.82) is 0 Å². The second kappa shape index (κ2) is 6.21. The van der Waals surface area contributed by atoms with E-state index in [1.54, 1.807) is 0 Å². The molecule has 0 bridgehead atoms. The molecular weight excluding hydrogens is 276 g/mol. The van der Waals surface area contributed by atoms with Crippen molar-refractivity contribution in [1.82, 2.24) is 5.43 Å². The van der Waals surface area contributed by atoms with Crippen LogP contribution in [-0.4, -0.2) is 6.21 Å². The highest BCUT2D eigenvalue weighted by Gasteiger charge is 1.93. The van der Waals surface area contributed by atoms with Gasteiger partial charge < -0.3 is 5.43 Å². The van der Waals surface area contributed by atoms with Crippen LogP contribution in [-0.2, 0) is 6.54 Å². The van der Waals surface area contributed by atoms with E-state index in [2.05, 4.69) is 38.6 Å². The number of nitrogens with zero attached hydrogens (tertiary/aromatic N) is 1. The first-order valence-electron chi connectivity index (χ1n) is 5.40. The Bertz CT molecular complexity index is 495. The number of hydrazone groups is 1. The monoisotopic (exact) mass is 288 g/mol. The third kappa shape index (κ3) is 3.71. The Labute approximate surface area is 110 Å². The predicted molar refractivity (Wildman–Crippen MR) is 75.0 cm³/mol. The average molecular weight is 289 g/mol. The largest absolute Gasteiger partial charge is 0.306 e. The van der Waals surface area contributed by atoms with Crippen LogP contribution < -0.4 is 5.43 Å². The maximum absolute atomic E-state index is 4.19. The molecule has 3 heteroatoms. The lowest BCUT2D eigenvalue weighted by Gasteiger charge is -2.00. The molecule has 0 radical (unpaired) electrons. The minimum absolute atomic E-state index is 0.738. The first kappa shape index (κ1) is 11.9. The maximum atomic E-state index is 4.19. The van der Waals surface area contributed by atoms with Gasteiger partial charge in [0.05, 0.1) is 12.8 Å². The molecule has 0 heterocycles. The second-order valence-electron chi connectivity index (χ2n) is 3.60. The highest BCUT2D eigenvalue weighted by atomic mass is 79.9. The minimum atomic E-state index is 0.738. The van der Waals surface area contributed by atoms with Crippen molar-refractivity contribution in [3.63, 3.8) is 0 Å². The molecule has 0 atom stereocenters. The Hall–Kier alpha value is -1.61. The zero-order valence-electron chi connectivity index (χ0n) is 9.31. The molecule has 2 aromatic rings. The van der Waals surface area contributed by atoms with Crippen LogP contribution in [0.5, 0.6) is 0 Å². The molecule has 0 aliphatic heterocycles. The van der Waals surface area contributed by atoms with Gasteiger partial charge in [-0.3, -0.25) is 0 Å². The van der Waals surface area contributed by atoms with E-state index in [4.69, 9.17) is 0 Å². The van der Waals surface area contributed by atoms with Gasteiger partial charge in [0, 0.05) is 10.0 Å². The summed E-state index contributed by atoms with van der Waals surface area (Å²) in [6.45, 7) is 0.738. The molecule has 2 nitrogen and oxygen atoms in total. The van der Waals surface area contributed by atoms with Crippen LogP contribution >= 0.6 is 15.9 Å². The number of halogens is 1. The summed E-state index contributed by atoms with van der Waals surface area (Å²) >= 11 is 3.47. The van der Waals surface area contributed by atoms with Gasteiger partial charge in [-0.25, -0.2) is 0 Å². The molecule has 0 aromatic heterocycles. The number of nitrogens with one attached hydrogen (secondary N) is 1. The fourth-order valence-electron chi connectivity index (χ4n) is 1.43. The Kier molecular flexibility index (Phi) is 4.33. The van der Waals surface area contributed by atoms with Crippen molar-refractivity contribution < 1.29 is 0 Å². The van der Waals surface area contributed by atoms with Crippen LogP contribution in [0.3, 0.4) is 0 Å². The number of rotatable bonds is 4. The minimum Gasteiger partial charge on any atom is -0.306 e. The van der Waals surface area contributed by atoms with Gasteiger partial charge in [-0.15, -0.1) is 0 Å². The lowest BCUT2D eigenvalue weighted by molar-refractivity contribution is 0.748. The summed E-state index contributed by atoms with van der Waals surface area (Å²) in [6.07, 6.45) is 1.81. The van der Waals surface area contributed by atoms with Crippen LogP contribution in [0.4, 0.5) is 0 Å². The molecule has 86 valence electrons. The molecular formula is C14H13BrN2. The molecule has 0 fully saturated rings. The van der Waals surface area contributed by atoms with Gasteiger partial charge in [0.2, 0.25) is 0 Å². The number of hydrogen-bond acceptors (Lipinski definition) is 2. The van der Waals surface area contributed by atoms with Gasteiger partial charge in [0.25, 0.3) is 0 Å². The van der Waals surface area contributed by atoms with E-state index in [1.807, 2.05) is 48.7 Å². The smallest absolute Gasteiger partial charge is 0.0580 e. The molecule has 17 heavy (non-hydrogen) atoms. The molecule has 0 aliphatic rings. The van der Waals surface area contributed by atoms with E-state index >= 15 is 0 Å². The third-order valence-electron chi connectivity index (χ3n) is 2.33. The normalized spacial score (nSPS) is 10.6. The molecule has 0 amide bonds. The SMILES string of the molecule is Brc1ccccc1C=NNCc1ccccc1. The molecule has 1 N–H and O–H groups in total. The van der Waals surface area contributed by atoms with E-state index in [0.29, 0.717) is 0 Å². The molecule has 0 spiro atoms. The molecule has 2 aromatic carbocycles. The summed E-state index contributed by atoms with van der Waals surface area (Å²) in [7, 11) is 0. The molecule has 0 saturated carbocycles. The topological polar surface area (TPSA) is 24.4 Å². The van der Waals surface area contributed by atoms with Crippen LogP contribution in [0.25, 0.3) is 0 Å². The Morgan fingerprint density at radius 3 is 2.47 bits per heavy atom. The van der Waals surface area contributed by atoms with Crippen LogP contribution in [0.1, 0.15) is 11.1 Å². The van der Waals surface area contributed by atoms with E-state index < -0.39 is 0 Å². The van der Waals surface area contributed by atoms with Crippen molar-refractivity contribution in [2.24, 2.45) is 5.10 Å². The van der Waals surface area contributed by atoms with Gasteiger partial charge in [-0.05, 0) is 11.6 Å². The quantitative estimate of drug-likeness (QED) is 0.675. The summed E-state index contributed by atoms with van der Waals surface area (Å²) in [6, 6.07) is 18.2. The van der Waals surface area contributed by atoms with Gasteiger partial charge in [-0.1, -0.05) is 64.5 Å². The first-order valence-corrected chi connectivity index (χ1v) is 6.20. The molecule has 0 saturated heterocycles. The van der Waals surface area contributed by atoms with E-state index in [0.717, 1.165) is 16.6 Å². The van der Waals surface area contributed by atoms with Gasteiger partial charge >= 0.3 is 0 Å². The Morgan fingerprint density at radius 1 is 1.00 bits per heavy atom. The third-order valence-corrected chi connectivity index (χ3v) is 3.05. The summed E-state index contributed by atoms with van der Waals surface area (Å²) in [5, 5.41) is 4.19. The number of hydrogen-bond donors (Lipinski definition) is 1. The van der Waals surface area contributed by atoms with Gasteiger partial charge in [-0.2, -0.15) is 5.10 Å². The predicted octanol–water partition coefficient (Wildman–Crippen LogP) is 3.57. The zero-order chi connectivity index (χ0) is 11.9. The lowest BCUT2D eigenvalue weighted by atomic mass is 10.2. The highest BCUT2D eigenvalue weighted by Crippen LogP contribution is 2.13. The van der Waals surface area contributed by atoms with Gasteiger partial charge in [0.15, 0.2) is 0 Å². The molecule has 2 rings (SSSR count). The maximum Gasteiger partial charge on any atom is 0.0580 e. The van der Waals surface area contributed by atoms with E-state index in [9.17, 15) is 0 Å². The van der Waals surface area contributed by atoms with Crippen molar-refractivity contribution in [3.8, 4) is 0 Å².